The Morgan fingerprint density at radius 3 is 2.15 bits per heavy atom. The molecule has 1 N–H and O–H groups in total. The number of benzene rings is 3. The number of carbonyl (C=O) groups is 2. The third kappa shape index (κ3) is 4.07. The van der Waals surface area contributed by atoms with Gasteiger partial charge in [-0.2, -0.15) is 0 Å². The van der Waals surface area contributed by atoms with Gasteiger partial charge in [-0.15, -0.1) is 0 Å². The lowest BCUT2D eigenvalue weighted by atomic mass is 10.0. The first-order chi connectivity index (χ1) is 12.5. The number of ketones is 1. The van der Waals surface area contributed by atoms with Crippen LogP contribution in [-0.4, -0.2) is 11.7 Å². The Morgan fingerprint density at radius 1 is 0.731 bits per heavy atom. The maximum atomic E-state index is 12.8. The Kier molecular flexibility index (Phi) is 5.62. The maximum Gasteiger partial charge on any atom is 0.255 e. The van der Waals surface area contributed by atoms with Gasteiger partial charge in [0.2, 0.25) is 0 Å². The summed E-state index contributed by atoms with van der Waals surface area (Å²) in [6, 6.07) is 18.0. The molecule has 3 nitrogen and oxygen atoms in total. The van der Waals surface area contributed by atoms with Crippen LogP contribution in [0.4, 0.5) is 5.69 Å². The average molecular weight is 405 g/mol. The van der Waals surface area contributed by atoms with Crippen LogP contribution in [0.15, 0.2) is 66.7 Å². The molecule has 130 valence electrons. The van der Waals surface area contributed by atoms with Crippen molar-refractivity contribution >= 4 is 52.2 Å². The van der Waals surface area contributed by atoms with Crippen molar-refractivity contribution in [1.82, 2.24) is 0 Å². The number of nitrogens with one attached hydrogen (secondary N) is 1. The molecule has 0 heterocycles. The van der Waals surface area contributed by atoms with Gasteiger partial charge < -0.3 is 5.32 Å². The van der Waals surface area contributed by atoms with Crippen molar-refractivity contribution in [3.05, 3.63) is 98.5 Å². The molecule has 0 fully saturated rings. The Morgan fingerprint density at radius 2 is 1.46 bits per heavy atom. The smallest absolute Gasteiger partial charge is 0.255 e. The average Bonchev–Trinajstić information content (AvgIpc) is 2.65. The summed E-state index contributed by atoms with van der Waals surface area (Å²) in [4.78, 5) is 25.3. The minimum absolute atomic E-state index is 0.238. The second kappa shape index (κ2) is 7.92. The number of hydrogen-bond donors (Lipinski definition) is 1. The van der Waals surface area contributed by atoms with Crippen molar-refractivity contribution in [1.29, 1.82) is 0 Å². The van der Waals surface area contributed by atoms with Gasteiger partial charge in [0.05, 0.1) is 15.7 Å². The van der Waals surface area contributed by atoms with E-state index in [9.17, 15) is 9.59 Å². The summed E-state index contributed by atoms with van der Waals surface area (Å²) in [5, 5.41) is 3.76. The fourth-order valence-electron chi connectivity index (χ4n) is 2.39. The minimum atomic E-state index is -0.409. The predicted molar refractivity (Wildman–Crippen MR) is 106 cm³/mol. The highest BCUT2D eigenvalue weighted by atomic mass is 35.5. The molecule has 0 aliphatic carbocycles. The Hall–Kier alpha value is -2.33. The van der Waals surface area contributed by atoms with E-state index in [-0.39, 0.29) is 10.8 Å². The highest BCUT2D eigenvalue weighted by molar-refractivity contribution is 6.42. The van der Waals surface area contributed by atoms with E-state index in [0.717, 1.165) is 0 Å². The van der Waals surface area contributed by atoms with Gasteiger partial charge >= 0.3 is 0 Å². The molecule has 26 heavy (non-hydrogen) atoms. The van der Waals surface area contributed by atoms with E-state index in [0.29, 0.717) is 32.4 Å². The highest BCUT2D eigenvalue weighted by Gasteiger charge is 2.17. The van der Waals surface area contributed by atoms with Crippen molar-refractivity contribution in [3.63, 3.8) is 0 Å². The molecule has 0 radical (unpaired) electrons. The van der Waals surface area contributed by atoms with E-state index < -0.39 is 5.91 Å². The molecule has 3 aromatic rings. The third-order valence-corrected chi connectivity index (χ3v) is 4.67. The summed E-state index contributed by atoms with van der Waals surface area (Å²) in [5.74, 6) is -0.648. The molecule has 0 aliphatic rings. The Bertz CT molecular complexity index is 988. The Labute approximate surface area is 165 Å². The monoisotopic (exact) mass is 403 g/mol. The molecular formula is C20H12Cl3NO2. The molecule has 0 aliphatic heterocycles. The largest absolute Gasteiger partial charge is 0.321 e. The molecule has 3 aromatic carbocycles. The Balaban J connectivity index is 1.94. The van der Waals surface area contributed by atoms with Gasteiger partial charge in [-0.25, -0.2) is 0 Å². The molecule has 0 atom stereocenters. The standard InChI is InChI=1S/C20H12Cl3NO2/c21-14-7-9-18(15(11-14)19(25)12-4-2-1-3-5-12)24-20(26)13-6-8-16(22)17(23)10-13/h1-11H,(H,24,26). The van der Waals surface area contributed by atoms with E-state index >= 15 is 0 Å². The third-order valence-electron chi connectivity index (χ3n) is 3.69. The zero-order chi connectivity index (χ0) is 18.7. The number of hydrogen-bond acceptors (Lipinski definition) is 2. The summed E-state index contributed by atoms with van der Waals surface area (Å²) >= 11 is 17.9. The van der Waals surface area contributed by atoms with Crippen LogP contribution in [0.2, 0.25) is 15.1 Å². The number of rotatable bonds is 4. The van der Waals surface area contributed by atoms with Gasteiger partial charge in [-0.3, -0.25) is 9.59 Å². The first kappa shape index (κ1) is 18.5. The van der Waals surface area contributed by atoms with Gasteiger partial charge in [0.15, 0.2) is 5.78 Å². The summed E-state index contributed by atoms with van der Waals surface area (Å²) in [6.07, 6.45) is 0. The second-order valence-electron chi connectivity index (χ2n) is 5.47. The molecule has 0 aromatic heterocycles. The SMILES string of the molecule is O=C(Nc1ccc(Cl)cc1C(=O)c1ccccc1)c1ccc(Cl)c(Cl)c1. The zero-order valence-corrected chi connectivity index (χ0v) is 15.6. The molecule has 3 rings (SSSR count). The van der Waals surface area contributed by atoms with E-state index in [1.165, 1.54) is 18.2 Å². The number of carbonyl (C=O) groups excluding carboxylic acids is 2. The van der Waals surface area contributed by atoms with Crippen molar-refractivity contribution in [2.75, 3.05) is 5.32 Å². The molecule has 1 amide bonds. The van der Waals surface area contributed by atoms with Crippen LogP contribution >= 0.6 is 34.8 Å². The molecule has 0 bridgehead atoms. The van der Waals surface area contributed by atoms with Crippen molar-refractivity contribution in [3.8, 4) is 0 Å². The van der Waals surface area contributed by atoms with E-state index in [1.54, 1.807) is 42.5 Å². The van der Waals surface area contributed by atoms with Crippen LogP contribution < -0.4 is 5.32 Å². The van der Waals surface area contributed by atoms with E-state index in [2.05, 4.69) is 5.32 Å². The van der Waals surface area contributed by atoms with E-state index in [1.807, 2.05) is 6.07 Å². The lowest BCUT2D eigenvalue weighted by molar-refractivity contribution is 0.102. The summed E-state index contributed by atoms with van der Waals surface area (Å²) in [5.41, 5.74) is 1.49. The normalized spacial score (nSPS) is 10.4. The van der Waals surface area contributed by atoms with Crippen LogP contribution in [0.1, 0.15) is 26.3 Å². The molecule has 0 spiro atoms. The van der Waals surface area contributed by atoms with Gasteiger partial charge in [-0.1, -0.05) is 65.1 Å². The zero-order valence-electron chi connectivity index (χ0n) is 13.3. The first-order valence-electron chi connectivity index (χ1n) is 7.61. The predicted octanol–water partition coefficient (Wildman–Crippen LogP) is 6.13. The van der Waals surface area contributed by atoms with E-state index in [4.69, 9.17) is 34.8 Å². The van der Waals surface area contributed by atoms with Crippen LogP contribution in [0, 0.1) is 0 Å². The molecule has 0 saturated carbocycles. The van der Waals surface area contributed by atoms with Crippen molar-refractivity contribution in [2.24, 2.45) is 0 Å². The van der Waals surface area contributed by atoms with Crippen molar-refractivity contribution in [2.45, 2.75) is 0 Å². The molecular weight excluding hydrogens is 393 g/mol. The van der Waals surface area contributed by atoms with Gasteiger partial charge in [0.1, 0.15) is 0 Å². The van der Waals surface area contributed by atoms with Crippen LogP contribution in [0.5, 0.6) is 0 Å². The first-order valence-corrected chi connectivity index (χ1v) is 8.75. The minimum Gasteiger partial charge on any atom is -0.321 e. The summed E-state index contributed by atoms with van der Waals surface area (Å²) in [7, 11) is 0. The maximum absolute atomic E-state index is 12.8. The van der Waals surface area contributed by atoms with Crippen molar-refractivity contribution < 1.29 is 9.59 Å². The quantitative estimate of drug-likeness (QED) is 0.532. The van der Waals surface area contributed by atoms with Crippen LogP contribution in [0.3, 0.4) is 0 Å². The second-order valence-corrected chi connectivity index (χ2v) is 6.72. The number of amides is 1. The van der Waals surface area contributed by atoms with Crippen LogP contribution in [0.25, 0.3) is 0 Å². The highest BCUT2D eigenvalue weighted by Crippen LogP contribution is 2.26. The molecule has 0 saturated heterocycles. The van der Waals surface area contributed by atoms with Gasteiger partial charge in [-0.05, 0) is 36.4 Å². The molecule has 6 heteroatoms. The lowest BCUT2D eigenvalue weighted by Gasteiger charge is -2.12. The number of halogens is 3. The van der Waals surface area contributed by atoms with Gasteiger partial charge in [0.25, 0.3) is 5.91 Å². The summed E-state index contributed by atoms with van der Waals surface area (Å²) < 4.78 is 0. The van der Waals surface area contributed by atoms with Crippen LogP contribution in [-0.2, 0) is 0 Å². The fraction of sp³-hybridized carbons (Fsp3) is 0. The number of anilines is 1. The van der Waals surface area contributed by atoms with Gasteiger partial charge in [0, 0.05) is 21.7 Å². The fourth-order valence-corrected chi connectivity index (χ4v) is 2.86. The topological polar surface area (TPSA) is 46.2 Å². The molecule has 0 unspecified atom stereocenters. The lowest BCUT2D eigenvalue weighted by Crippen LogP contribution is -2.15. The summed E-state index contributed by atoms with van der Waals surface area (Å²) in [6.45, 7) is 0.